The number of likely N-dealkylation sites (N-methyl/N-ethyl adjacent to an activating group) is 1. The minimum Gasteiger partial charge on any atom is -0.316 e. The molecule has 0 unspecified atom stereocenters. The monoisotopic (exact) mass is 247 g/mol. The third kappa shape index (κ3) is 5.23. The SMILES string of the molecule is CNCC=Cc1ccc(SC(F)(F)F)cc1. The molecule has 0 radical (unpaired) electrons. The van der Waals surface area contributed by atoms with Gasteiger partial charge in [-0.1, -0.05) is 24.3 Å². The standard InChI is InChI=1S/C11H12F3NS/c1-15-8-2-3-9-4-6-10(7-5-9)16-11(12,13)14/h2-7,15H,8H2,1H3. The lowest BCUT2D eigenvalue weighted by Gasteiger charge is -2.05. The third-order valence-corrected chi connectivity index (χ3v) is 2.49. The summed E-state index contributed by atoms with van der Waals surface area (Å²) < 4.78 is 36.1. The Labute approximate surface area is 96.7 Å². The van der Waals surface area contributed by atoms with Gasteiger partial charge in [-0.05, 0) is 36.5 Å². The van der Waals surface area contributed by atoms with E-state index in [9.17, 15) is 13.2 Å². The molecule has 0 heterocycles. The molecule has 88 valence electrons. The molecular formula is C11H12F3NS. The van der Waals surface area contributed by atoms with E-state index in [1.165, 1.54) is 12.1 Å². The lowest BCUT2D eigenvalue weighted by Crippen LogP contribution is -2.03. The second-order valence-corrected chi connectivity index (χ2v) is 4.22. The largest absolute Gasteiger partial charge is 0.446 e. The van der Waals surface area contributed by atoms with Crippen LogP contribution in [0.3, 0.4) is 0 Å². The molecule has 1 aromatic rings. The number of hydrogen-bond acceptors (Lipinski definition) is 2. The summed E-state index contributed by atoms with van der Waals surface area (Å²) in [5, 5.41) is 2.94. The molecule has 0 spiro atoms. The maximum atomic E-state index is 12.0. The lowest BCUT2D eigenvalue weighted by atomic mass is 10.2. The van der Waals surface area contributed by atoms with Gasteiger partial charge in [-0.2, -0.15) is 13.2 Å². The molecular weight excluding hydrogens is 235 g/mol. The summed E-state index contributed by atoms with van der Waals surface area (Å²) in [4.78, 5) is 0.207. The van der Waals surface area contributed by atoms with E-state index in [2.05, 4.69) is 5.32 Å². The van der Waals surface area contributed by atoms with E-state index in [1.807, 2.05) is 19.2 Å². The first-order valence-electron chi connectivity index (χ1n) is 4.68. The van der Waals surface area contributed by atoms with Crippen molar-refractivity contribution in [3.63, 3.8) is 0 Å². The Kier molecular flexibility index (Phi) is 4.89. The molecule has 0 aliphatic heterocycles. The Morgan fingerprint density at radius 2 is 1.88 bits per heavy atom. The predicted octanol–water partition coefficient (Wildman–Crippen LogP) is 3.53. The van der Waals surface area contributed by atoms with Gasteiger partial charge in [0.15, 0.2) is 0 Å². The van der Waals surface area contributed by atoms with Gasteiger partial charge in [-0.15, -0.1) is 0 Å². The van der Waals surface area contributed by atoms with E-state index in [1.54, 1.807) is 12.1 Å². The van der Waals surface area contributed by atoms with Crippen LogP contribution in [0.2, 0.25) is 0 Å². The Bertz CT molecular complexity index is 343. The minimum atomic E-state index is -4.22. The van der Waals surface area contributed by atoms with Crippen LogP contribution in [0.15, 0.2) is 35.2 Å². The second-order valence-electron chi connectivity index (χ2n) is 3.08. The fourth-order valence-corrected chi connectivity index (χ4v) is 1.63. The average Bonchev–Trinajstić information content (AvgIpc) is 2.19. The van der Waals surface area contributed by atoms with Crippen molar-refractivity contribution < 1.29 is 13.2 Å². The van der Waals surface area contributed by atoms with Crippen LogP contribution in [-0.4, -0.2) is 19.1 Å². The Balaban J connectivity index is 2.61. The van der Waals surface area contributed by atoms with Crippen LogP contribution >= 0.6 is 11.8 Å². The summed E-state index contributed by atoms with van der Waals surface area (Å²) in [5.74, 6) is 0. The van der Waals surface area contributed by atoms with E-state index in [-0.39, 0.29) is 16.7 Å². The van der Waals surface area contributed by atoms with Crippen LogP contribution in [0.5, 0.6) is 0 Å². The molecule has 0 atom stereocenters. The molecule has 0 amide bonds. The second kappa shape index (κ2) is 5.96. The van der Waals surface area contributed by atoms with Gasteiger partial charge >= 0.3 is 5.51 Å². The Morgan fingerprint density at radius 1 is 1.25 bits per heavy atom. The van der Waals surface area contributed by atoms with Crippen LogP contribution in [0.1, 0.15) is 5.56 Å². The van der Waals surface area contributed by atoms with Crippen molar-refractivity contribution in [1.29, 1.82) is 0 Å². The van der Waals surface area contributed by atoms with Gasteiger partial charge in [0.05, 0.1) is 0 Å². The van der Waals surface area contributed by atoms with E-state index in [0.29, 0.717) is 0 Å². The first kappa shape index (κ1) is 13.1. The summed E-state index contributed by atoms with van der Waals surface area (Å²) >= 11 is -0.0986. The maximum absolute atomic E-state index is 12.0. The van der Waals surface area contributed by atoms with Crippen molar-refractivity contribution in [2.75, 3.05) is 13.6 Å². The van der Waals surface area contributed by atoms with Gasteiger partial charge < -0.3 is 5.32 Å². The molecule has 0 aromatic heterocycles. The van der Waals surface area contributed by atoms with Crippen LogP contribution in [0.4, 0.5) is 13.2 Å². The van der Waals surface area contributed by atoms with E-state index >= 15 is 0 Å². The number of hydrogen-bond donors (Lipinski definition) is 1. The van der Waals surface area contributed by atoms with Gasteiger partial charge in [-0.3, -0.25) is 0 Å². The first-order chi connectivity index (χ1) is 7.51. The fraction of sp³-hybridized carbons (Fsp3) is 0.273. The average molecular weight is 247 g/mol. The highest BCUT2D eigenvalue weighted by Gasteiger charge is 2.28. The van der Waals surface area contributed by atoms with E-state index < -0.39 is 5.51 Å². The van der Waals surface area contributed by atoms with Crippen molar-refractivity contribution in [2.24, 2.45) is 0 Å². The van der Waals surface area contributed by atoms with Crippen LogP contribution in [-0.2, 0) is 0 Å². The summed E-state index contributed by atoms with van der Waals surface area (Å²) in [6, 6.07) is 6.27. The molecule has 1 N–H and O–H groups in total. The molecule has 1 aromatic carbocycles. The number of thioether (sulfide) groups is 1. The minimum absolute atomic E-state index is 0.0986. The van der Waals surface area contributed by atoms with Gasteiger partial charge in [0.1, 0.15) is 0 Å². The molecule has 1 nitrogen and oxygen atoms in total. The molecule has 5 heteroatoms. The zero-order valence-electron chi connectivity index (χ0n) is 8.71. The quantitative estimate of drug-likeness (QED) is 0.817. The van der Waals surface area contributed by atoms with Gasteiger partial charge in [0.25, 0.3) is 0 Å². The molecule has 0 bridgehead atoms. The van der Waals surface area contributed by atoms with Crippen molar-refractivity contribution in [3.8, 4) is 0 Å². The number of benzene rings is 1. The lowest BCUT2D eigenvalue weighted by molar-refractivity contribution is -0.0328. The van der Waals surface area contributed by atoms with Crippen molar-refractivity contribution in [2.45, 2.75) is 10.4 Å². The van der Waals surface area contributed by atoms with Crippen LogP contribution in [0, 0.1) is 0 Å². The zero-order chi connectivity index (χ0) is 12.0. The maximum Gasteiger partial charge on any atom is 0.446 e. The van der Waals surface area contributed by atoms with Crippen LogP contribution < -0.4 is 5.32 Å². The molecule has 16 heavy (non-hydrogen) atoms. The highest BCUT2D eigenvalue weighted by molar-refractivity contribution is 8.00. The first-order valence-corrected chi connectivity index (χ1v) is 5.50. The zero-order valence-corrected chi connectivity index (χ0v) is 9.53. The summed E-state index contributed by atoms with van der Waals surface area (Å²) in [6.45, 7) is 0.735. The summed E-state index contributed by atoms with van der Waals surface area (Å²) in [5.41, 5.74) is -3.33. The number of halogens is 3. The van der Waals surface area contributed by atoms with Crippen LogP contribution in [0.25, 0.3) is 6.08 Å². The van der Waals surface area contributed by atoms with E-state index in [0.717, 1.165) is 12.1 Å². The van der Waals surface area contributed by atoms with Crippen molar-refractivity contribution in [1.82, 2.24) is 5.32 Å². The smallest absolute Gasteiger partial charge is 0.316 e. The number of rotatable bonds is 4. The Morgan fingerprint density at radius 3 is 2.38 bits per heavy atom. The topological polar surface area (TPSA) is 12.0 Å². The highest BCUT2D eigenvalue weighted by Crippen LogP contribution is 2.36. The normalized spacial score (nSPS) is 12.2. The predicted molar refractivity (Wildman–Crippen MR) is 61.3 cm³/mol. The van der Waals surface area contributed by atoms with Gasteiger partial charge in [0.2, 0.25) is 0 Å². The number of nitrogens with one attached hydrogen (secondary N) is 1. The molecule has 0 fully saturated rings. The summed E-state index contributed by atoms with van der Waals surface area (Å²) in [7, 11) is 1.83. The van der Waals surface area contributed by atoms with Crippen molar-refractivity contribution in [3.05, 3.63) is 35.9 Å². The van der Waals surface area contributed by atoms with Gasteiger partial charge in [0, 0.05) is 11.4 Å². The number of alkyl halides is 3. The molecule has 0 saturated carbocycles. The Hall–Kier alpha value is -0.940. The molecule has 1 rings (SSSR count). The van der Waals surface area contributed by atoms with E-state index in [4.69, 9.17) is 0 Å². The molecule has 0 aliphatic carbocycles. The molecule has 0 saturated heterocycles. The van der Waals surface area contributed by atoms with Gasteiger partial charge in [-0.25, -0.2) is 0 Å². The fourth-order valence-electron chi connectivity index (χ4n) is 1.09. The summed E-state index contributed by atoms with van der Waals surface area (Å²) in [6.07, 6.45) is 3.77. The third-order valence-electron chi connectivity index (χ3n) is 1.75. The molecule has 0 aliphatic rings. The van der Waals surface area contributed by atoms with Crippen molar-refractivity contribution >= 4 is 17.8 Å². The highest BCUT2D eigenvalue weighted by atomic mass is 32.2.